The molecule has 0 aliphatic carbocycles. The van der Waals surface area contributed by atoms with Crippen LogP contribution in [0.3, 0.4) is 0 Å². The van der Waals surface area contributed by atoms with Gasteiger partial charge in [0.15, 0.2) is 0 Å². The molecule has 2 aromatic rings. The van der Waals surface area contributed by atoms with Gasteiger partial charge in [-0.15, -0.1) is 5.10 Å². The molecule has 74 valence electrons. The lowest BCUT2D eigenvalue weighted by Crippen LogP contribution is -1.99. The molecule has 0 radical (unpaired) electrons. The van der Waals surface area contributed by atoms with Gasteiger partial charge in [0, 0.05) is 6.07 Å². The van der Waals surface area contributed by atoms with E-state index in [1.807, 2.05) is 0 Å². The second kappa shape index (κ2) is 3.80. The molecule has 0 spiro atoms. The highest BCUT2D eigenvalue weighted by Gasteiger charge is 2.06. The summed E-state index contributed by atoms with van der Waals surface area (Å²) in [6.07, 6.45) is 3.23. The fraction of sp³-hybridized carbons (Fsp3) is 0.100. The summed E-state index contributed by atoms with van der Waals surface area (Å²) in [5.74, 6) is 0.680. The summed E-state index contributed by atoms with van der Waals surface area (Å²) in [6.45, 7) is 0. The van der Waals surface area contributed by atoms with Crippen LogP contribution in [-0.4, -0.2) is 22.1 Å². The topological polar surface area (TPSA) is 63.7 Å². The van der Waals surface area contributed by atoms with Crippen molar-refractivity contribution in [2.45, 2.75) is 0 Å². The Bertz CT molecular complexity index is 499. The molecule has 0 saturated heterocycles. The van der Waals surface area contributed by atoms with Gasteiger partial charge in [-0.05, 0) is 12.1 Å². The van der Waals surface area contributed by atoms with E-state index >= 15 is 0 Å². The van der Waals surface area contributed by atoms with E-state index in [4.69, 9.17) is 10.00 Å². The predicted molar refractivity (Wildman–Crippen MR) is 52.6 cm³/mol. The molecule has 0 N–H and O–H groups in total. The molecule has 0 aliphatic rings. The minimum Gasteiger partial charge on any atom is -0.497 e. The number of aromatic nitrogens is 3. The van der Waals surface area contributed by atoms with Gasteiger partial charge in [-0.3, -0.25) is 0 Å². The fourth-order valence-corrected chi connectivity index (χ4v) is 1.26. The second-order valence-corrected chi connectivity index (χ2v) is 2.84. The number of hydrogen-bond donors (Lipinski definition) is 0. The summed E-state index contributed by atoms with van der Waals surface area (Å²) in [5.41, 5.74) is 1.19. The van der Waals surface area contributed by atoms with Gasteiger partial charge in [0.25, 0.3) is 0 Å². The lowest BCUT2D eigenvalue weighted by atomic mass is 10.2. The summed E-state index contributed by atoms with van der Waals surface area (Å²) >= 11 is 0. The number of nitrogens with zero attached hydrogens (tertiary/aromatic N) is 4. The first-order chi connectivity index (χ1) is 7.35. The van der Waals surface area contributed by atoms with E-state index < -0.39 is 0 Å². The van der Waals surface area contributed by atoms with Gasteiger partial charge in [-0.25, -0.2) is 4.68 Å². The molecule has 0 fully saturated rings. The zero-order valence-corrected chi connectivity index (χ0v) is 8.08. The standard InChI is InChI=1S/C10H8N4O/c1-15-9-3-2-8(7-11)10(6-9)14-5-4-12-13-14/h2-6H,1H3. The van der Waals surface area contributed by atoms with Gasteiger partial charge in [-0.1, -0.05) is 5.21 Å². The van der Waals surface area contributed by atoms with Gasteiger partial charge in [0.1, 0.15) is 11.8 Å². The van der Waals surface area contributed by atoms with Crippen LogP contribution in [0, 0.1) is 11.3 Å². The van der Waals surface area contributed by atoms with Crippen molar-refractivity contribution in [3.63, 3.8) is 0 Å². The van der Waals surface area contributed by atoms with Gasteiger partial charge < -0.3 is 4.74 Å². The Kier molecular flexibility index (Phi) is 2.33. The number of hydrogen-bond acceptors (Lipinski definition) is 4. The normalized spacial score (nSPS) is 9.60. The Morgan fingerprint density at radius 1 is 1.47 bits per heavy atom. The first kappa shape index (κ1) is 9.21. The van der Waals surface area contributed by atoms with Crippen molar-refractivity contribution < 1.29 is 4.74 Å². The molecule has 2 rings (SSSR count). The molecule has 5 nitrogen and oxygen atoms in total. The van der Waals surface area contributed by atoms with Crippen molar-refractivity contribution in [2.75, 3.05) is 7.11 Å². The Morgan fingerprint density at radius 2 is 2.33 bits per heavy atom. The Morgan fingerprint density at radius 3 is 2.93 bits per heavy atom. The van der Waals surface area contributed by atoms with E-state index in [1.54, 1.807) is 37.7 Å². The molecule has 0 unspecified atom stereocenters. The summed E-state index contributed by atoms with van der Waals surface area (Å²) in [6, 6.07) is 7.26. The lowest BCUT2D eigenvalue weighted by Gasteiger charge is -2.05. The molecule has 0 aliphatic heterocycles. The largest absolute Gasteiger partial charge is 0.497 e. The fourth-order valence-electron chi connectivity index (χ4n) is 1.26. The van der Waals surface area contributed by atoms with Crippen LogP contribution in [0.2, 0.25) is 0 Å². The van der Waals surface area contributed by atoms with E-state index in [-0.39, 0.29) is 0 Å². The average molecular weight is 200 g/mol. The quantitative estimate of drug-likeness (QED) is 0.729. The molecule has 5 heteroatoms. The van der Waals surface area contributed by atoms with Crippen molar-refractivity contribution >= 4 is 0 Å². The summed E-state index contributed by atoms with van der Waals surface area (Å²) < 4.78 is 6.61. The number of nitriles is 1. The highest BCUT2D eigenvalue weighted by Crippen LogP contribution is 2.19. The predicted octanol–water partition coefficient (Wildman–Crippen LogP) is 1.15. The summed E-state index contributed by atoms with van der Waals surface area (Å²) in [7, 11) is 1.58. The van der Waals surface area contributed by atoms with Crippen LogP contribution in [0.1, 0.15) is 5.56 Å². The zero-order chi connectivity index (χ0) is 10.7. The van der Waals surface area contributed by atoms with Crippen LogP contribution >= 0.6 is 0 Å². The number of benzene rings is 1. The maximum absolute atomic E-state index is 8.93. The smallest absolute Gasteiger partial charge is 0.121 e. The van der Waals surface area contributed by atoms with E-state index in [9.17, 15) is 0 Å². The van der Waals surface area contributed by atoms with E-state index in [1.165, 1.54) is 4.68 Å². The van der Waals surface area contributed by atoms with Gasteiger partial charge in [-0.2, -0.15) is 5.26 Å². The van der Waals surface area contributed by atoms with E-state index in [0.29, 0.717) is 17.0 Å². The average Bonchev–Trinajstić information content (AvgIpc) is 2.81. The highest BCUT2D eigenvalue weighted by atomic mass is 16.5. The molecule has 15 heavy (non-hydrogen) atoms. The molecule has 1 heterocycles. The first-order valence-electron chi connectivity index (χ1n) is 4.30. The minimum atomic E-state index is 0.529. The SMILES string of the molecule is COc1ccc(C#N)c(-n2ccnn2)c1. The number of methoxy groups -OCH3 is 1. The molecular formula is C10H8N4O. The van der Waals surface area contributed by atoms with Gasteiger partial charge in [0.05, 0.1) is 30.8 Å². The van der Waals surface area contributed by atoms with Crippen molar-refractivity contribution in [1.29, 1.82) is 5.26 Å². The molecule has 0 saturated carbocycles. The van der Waals surface area contributed by atoms with Crippen molar-refractivity contribution in [3.8, 4) is 17.5 Å². The Labute approximate surface area is 86.5 Å². The molecule has 0 amide bonds. The van der Waals surface area contributed by atoms with E-state index in [0.717, 1.165) is 0 Å². The van der Waals surface area contributed by atoms with E-state index in [2.05, 4.69) is 16.4 Å². The van der Waals surface area contributed by atoms with Crippen molar-refractivity contribution in [1.82, 2.24) is 15.0 Å². The van der Waals surface area contributed by atoms with Crippen molar-refractivity contribution in [3.05, 3.63) is 36.2 Å². The summed E-state index contributed by atoms with van der Waals surface area (Å²) in [4.78, 5) is 0. The highest BCUT2D eigenvalue weighted by molar-refractivity contribution is 5.51. The zero-order valence-electron chi connectivity index (χ0n) is 8.08. The number of rotatable bonds is 2. The van der Waals surface area contributed by atoms with Crippen LogP contribution < -0.4 is 4.74 Å². The monoisotopic (exact) mass is 200 g/mol. The third kappa shape index (κ3) is 1.65. The molecule has 0 atom stereocenters. The lowest BCUT2D eigenvalue weighted by molar-refractivity contribution is 0.414. The first-order valence-corrected chi connectivity index (χ1v) is 4.30. The van der Waals surface area contributed by atoms with Crippen LogP contribution in [0.15, 0.2) is 30.6 Å². The number of ether oxygens (including phenoxy) is 1. The Balaban J connectivity index is 2.58. The third-order valence-corrected chi connectivity index (χ3v) is 1.99. The molecular weight excluding hydrogens is 192 g/mol. The third-order valence-electron chi connectivity index (χ3n) is 1.99. The summed E-state index contributed by atoms with van der Waals surface area (Å²) in [5, 5.41) is 16.5. The molecule has 1 aromatic carbocycles. The van der Waals surface area contributed by atoms with Crippen LogP contribution in [0.4, 0.5) is 0 Å². The minimum absolute atomic E-state index is 0.529. The van der Waals surface area contributed by atoms with Crippen molar-refractivity contribution in [2.24, 2.45) is 0 Å². The van der Waals surface area contributed by atoms with Crippen LogP contribution in [-0.2, 0) is 0 Å². The maximum Gasteiger partial charge on any atom is 0.121 e. The maximum atomic E-state index is 8.93. The van der Waals surface area contributed by atoms with Gasteiger partial charge in [0.2, 0.25) is 0 Å². The van der Waals surface area contributed by atoms with Gasteiger partial charge >= 0.3 is 0 Å². The second-order valence-electron chi connectivity index (χ2n) is 2.84. The molecule has 0 bridgehead atoms. The molecule has 1 aromatic heterocycles. The Hall–Kier alpha value is -2.35. The van der Waals surface area contributed by atoms with Crippen LogP contribution in [0.25, 0.3) is 5.69 Å². The van der Waals surface area contributed by atoms with Crippen LogP contribution in [0.5, 0.6) is 5.75 Å².